The van der Waals surface area contributed by atoms with Crippen LogP contribution in [0.3, 0.4) is 0 Å². The minimum atomic E-state index is -4.98. The second-order valence-electron chi connectivity index (χ2n) is 9.61. The molecule has 3 nitrogen and oxygen atoms in total. The van der Waals surface area contributed by atoms with Gasteiger partial charge in [-0.3, -0.25) is 4.79 Å². The highest BCUT2D eigenvalue weighted by atomic mass is 19.4. The Hall–Kier alpha value is -2.62. The lowest BCUT2D eigenvalue weighted by molar-refractivity contribution is -0.143. The summed E-state index contributed by atoms with van der Waals surface area (Å²) in [7, 11) is 1.96. The van der Waals surface area contributed by atoms with E-state index in [1.54, 1.807) is 19.1 Å². The van der Waals surface area contributed by atoms with E-state index in [0.717, 1.165) is 18.5 Å². The summed E-state index contributed by atoms with van der Waals surface area (Å²) in [6.07, 6.45) is -7.99. The van der Waals surface area contributed by atoms with Crippen LogP contribution in [0, 0.1) is 11.7 Å². The largest absolute Gasteiger partial charge is 0.416 e. The highest BCUT2D eigenvalue weighted by Crippen LogP contribution is 2.43. The number of rotatable bonds is 5. The van der Waals surface area contributed by atoms with Crippen LogP contribution in [0.1, 0.15) is 61.4 Å². The maximum absolute atomic E-state index is 13.6. The molecule has 36 heavy (non-hydrogen) atoms. The zero-order valence-electron chi connectivity index (χ0n) is 20.2. The van der Waals surface area contributed by atoms with Gasteiger partial charge in [-0.2, -0.15) is 26.3 Å². The number of likely N-dealkylation sites (tertiary alicyclic amines) is 1. The fraction of sp³-hybridized carbons (Fsp3) is 0.500. The van der Waals surface area contributed by atoms with Crippen LogP contribution in [-0.2, 0) is 22.6 Å². The average Bonchev–Trinajstić information content (AvgIpc) is 2.99. The fourth-order valence-corrected chi connectivity index (χ4v) is 4.95. The minimum absolute atomic E-state index is 0.0617. The number of carbonyl (C=O) groups excluding carboxylic acids is 1. The monoisotopic (exact) mass is 518 g/mol. The smallest absolute Gasteiger partial charge is 0.349 e. The highest BCUT2D eigenvalue weighted by Gasteiger charge is 2.43. The van der Waals surface area contributed by atoms with Gasteiger partial charge in [-0.25, -0.2) is 4.39 Å². The predicted molar refractivity (Wildman–Crippen MR) is 122 cm³/mol. The van der Waals surface area contributed by atoms with Crippen molar-refractivity contribution in [2.45, 2.75) is 56.9 Å². The van der Waals surface area contributed by atoms with Gasteiger partial charge in [0.25, 0.3) is 0 Å². The second kappa shape index (κ2) is 10.4. The molecule has 1 saturated heterocycles. The molecule has 2 aromatic carbocycles. The molecule has 3 atom stereocenters. The van der Waals surface area contributed by atoms with Crippen LogP contribution in [-0.4, -0.2) is 30.9 Å². The molecule has 1 N–H and O–H groups in total. The van der Waals surface area contributed by atoms with E-state index in [9.17, 15) is 35.5 Å². The van der Waals surface area contributed by atoms with E-state index < -0.39 is 52.6 Å². The molecule has 10 heteroatoms. The van der Waals surface area contributed by atoms with Crippen LogP contribution in [0.5, 0.6) is 0 Å². The molecule has 1 heterocycles. The number of halogens is 7. The van der Waals surface area contributed by atoms with Crippen molar-refractivity contribution in [2.75, 3.05) is 20.1 Å². The average molecular weight is 519 g/mol. The predicted octanol–water partition coefficient (Wildman–Crippen LogP) is 6.73. The fourth-order valence-electron chi connectivity index (χ4n) is 4.95. The number of nitrogens with zero attached hydrogens (tertiary/aromatic N) is 1. The first-order chi connectivity index (χ1) is 16.6. The van der Waals surface area contributed by atoms with E-state index in [2.05, 4.69) is 10.2 Å². The van der Waals surface area contributed by atoms with Crippen LogP contribution < -0.4 is 5.32 Å². The summed E-state index contributed by atoms with van der Waals surface area (Å²) in [5.74, 6) is -1.59. The zero-order chi connectivity index (χ0) is 26.9. The van der Waals surface area contributed by atoms with E-state index >= 15 is 0 Å². The van der Waals surface area contributed by atoms with E-state index in [1.807, 2.05) is 7.05 Å². The standard InChI is InChI=1S/C26H29F7N2O/c1-16(24(9-4-11-35(3)12-10-24)19-5-7-22(27)8-6-19)23(36)34-17(2)18-13-20(25(28,29)30)15-21(14-18)26(31,32)33/h5-8,13-17H,4,9-12H2,1-3H3,(H,34,36). The molecule has 1 amide bonds. The van der Waals surface area contributed by atoms with Gasteiger partial charge in [-0.15, -0.1) is 0 Å². The summed E-state index contributed by atoms with van der Waals surface area (Å²) in [6.45, 7) is 4.53. The highest BCUT2D eigenvalue weighted by molar-refractivity contribution is 5.80. The van der Waals surface area contributed by atoms with Gasteiger partial charge in [-0.1, -0.05) is 19.1 Å². The summed E-state index contributed by atoms with van der Waals surface area (Å²) in [4.78, 5) is 15.5. The van der Waals surface area contributed by atoms with Gasteiger partial charge in [0.15, 0.2) is 0 Å². The van der Waals surface area contributed by atoms with Gasteiger partial charge in [-0.05, 0) is 87.8 Å². The molecular formula is C26H29F7N2O. The number of nitrogens with one attached hydrogen (secondary N) is 1. The molecule has 0 spiro atoms. The van der Waals surface area contributed by atoms with E-state index in [0.29, 0.717) is 31.5 Å². The Balaban J connectivity index is 1.93. The molecule has 2 aromatic rings. The Bertz CT molecular complexity index is 1030. The molecule has 3 unspecified atom stereocenters. The molecular weight excluding hydrogens is 489 g/mol. The normalized spacial score (nSPS) is 21.5. The van der Waals surface area contributed by atoms with E-state index in [4.69, 9.17) is 0 Å². The maximum Gasteiger partial charge on any atom is 0.416 e. The van der Waals surface area contributed by atoms with Gasteiger partial charge in [0.05, 0.1) is 17.2 Å². The third-order valence-electron chi connectivity index (χ3n) is 7.21. The summed E-state index contributed by atoms with van der Waals surface area (Å²) < 4.78 is 93.3. The first-order valence-electron chi connectivity index (χ1n) is 11.7. The summed E-state index contributed by atoms with van der Waals surface area (Å²) in [5.41, 5.74) is -3.07. The maximum atomic E-state index is 13.6. The Morgan fingerprint density at radius 1 is 0.917 bits per heavy atom. The molecule has 0 bridgehead atoms. The minimum Gasteiger partial charge on any atom is -0.349 e. The number of hydrogen-bond acceptors (Lipinski definition) is 2. The van der Waals surface area contributed by atoms with Crippen molar-refractivity contribution in [3.8, 4) is 0 Å². The topological polar surface area (TPSA) is 32.3 Å². The molecule has 0 radical (unpaired) electrons. The van der Waals surface area contributed by atoms with Crippen molar-refractivity contribution in [3.05, 3.63) is 70.5 Å². The van der Waals surface area contributed by atoms with Crippen molar-refractivity contribution in [1.82, 2.24) is 10.2 Å². The van der Waals surface area contributed by atoms with Crippen molar-refractivity contribution in [2.24, 2.45) is 5.92 Å². The number of alkyl halides is 6. The molecule has 0 aromatic heterocycles. The first-order valence-corrected chi connectivity index (χ1v) is 11.7. The Morgan fingerprint density at radius 3 is 2.00 bits per heavy atom. The van der Waals surface area contributed by atoms with Gasteiger partial charge < -0.3 is 10.2 Å². The first kappa shape index (κ1) is 28.0. The van der Waals surface area contributed by atoms with Crippen LogP contribution in [0.25, 0.3) is 0 Å². The van der Waals surface area contributed by atoms with Crippen LogP contribution >= 0.6 is 0 Å². The lowest BCUT2D eigenvalue weighted by Gasteiger charge is -2.39. The molecule has 3 rings (SSSR count). The Morgan fingerprint density at radius 2 is 1.47 bits per heavy atom. The van der Waals surface area contributed by atoms with E-state index in [1.165, 1.54) is 19.1 Å². The zero-order valence-corrected chi connectivity index (χ0v) is 20.2. The Kier molecular flexibility index (Phi) is 8.07. The van der Waals surface area contributed by atoms with Crippen molar-refractivity contribution in [3.63, 3.8) is 0 Å². The molecule has 0 saturated carbocycles. The molecule has 1 aliphatic rings. The number of amides is 1. The number of carbonyl (C=O) groups is 1. The molecule has 1 aliphatic heterocycles. The molecule has 198 valence electrons. The van der Waals surface area contributed by atoms with Gasteiger partial charge in [0.2, 0.25) is 5.91 Å². The summed E-state index contributed by atoms with van der Waals surface area (Å²) in [5, 5.41) is 2.63. The van der Waals surface area contributed by atoms with Crippen molar-refractivity contribution >= 4 is 5.91 Å². The van der Waals surface area contributed by atoms with E-state index in [-0.39, 0.29) is 11.6 Å². The van der Waals surface area contributed by atoms with Crippen LogP contribution in [0.2, 0.25) is 0 Å². The summed E-state index contributed by atoms with van der Waals surface area (Å²) in [6, 6.07) is 6.11. The lowest BCUT2D eigenvalue weighted by atomic mass is 9.66. The quantitative estimate of drug-likeness (QED) is 0.445. The SMILES string of the molecule is CC(NC(=O)C(C)C1(c2ccc(F)cc2)CCCN(C)CC1)c1cc(C(F)(F)F)cc(C(F)(F)F)c1. The van der Waals surface area contributed by atoms with Gasteiger partial charge in [0.1, 0.15) is 5.82 Å². The molecule has 1 fully saturated rings. The summed E-state index contributed by atoms with van der Waals surface area (Å²) >= 11 is 0. The van der Waals surface area contributed by atoms with Gasteiger partial charge in [0, 0.05) is 11.3 Å². The second-order valence-corrected chi connectivity index (χ2v) is 9.61. The third kappa shape index (κ3) is 6.19. The van der Waals surface area contributed by atoms with Crippen LogP contribution in [0.15, 0.2) is 42.5 Å². The van der Waals surface area contributed by atoms with Crippen LogP contribution in [0.4, 0.5) is 30.7 Å². The Labute approximate surface area is 205 Å². The van der Waals surface area contributed by atoms with Gasteiger partial charge >= 0.3 is 12.4 Å². The lowest BCUT2D eigenvalue weighted by Crippen LogP contribution is -2.44. The van der Waals surface area contributed by atoms with Crippen molar-refractivity contribution in [1.29, 1.82) is 0 Å². The number of hydrogen-bond donors (Lipinski definition) is 1. The van der Waals surface area contributed by atoms with Crippen molar-refractivity contribution < 1.29 is 35.5 Å². The number of benzene rings is 2. The molecule has 0 aliphatic carbocycles. The third-order valence-corrected chi connectivity index (χ3v) is 7.21.